The summed E-state index contributed by atoms with van der Waals surface area (Å²) in [5.41, 5.74) is 0. The van der Waals surface area contributed by atoms with E-state index in [2.05, 4.69) is 23.1 Å². The van der Waals surface area contributed by atoms with E-state index >= 15 is 0 Å². The van der Waals surface area contributed by atoms with Crippen LogP contribution in [0.5, 0.6) is 0 Å². The number of rotatable bonds is 10. The topological polar surface area (TPSA) is 27.7 Å². The Morgan fingerprint density at radius 3 is 1.65 bits per heavy atom. The summed E-state index contributed by atoms with van der Waals surface area (Å²) in [5, 5.41) is 0.254. The summed E-state index contributed by atoms with van der Waals surface area (Å²) in [4.78, 5) is 0. The quantitative estimate of drug-likeness (QED) is 0.453. The van der Waals surface area contributed by atoms with Gasteiger partial charge in [0.15, 0.2) is 0 Å². The van der Waals surface area contributed by atoms with Gasteiger partial charge in [0.25, 0.3) is 0 Å². The monoisotopic (exact) mass is 280 g/mol. The first-order chi connectivity index (χ1) is 7.95. The molecule has 0 bridgehead atoms. The summed E-state index contributed by atoms with van der Waals surface area (Å²) in [5.74, 6) is 0. The van der Waals surface area contributed by atoms with E-state index in [0.717, 1.165) is 18.9 Å². The minimum absolute atomic E-state index is 0.254. The van der Waals surface area contributed by atoms with Gasteiger partial charge in [0, 0.05) is 25.9 Å². The Kier molecular flexibility index (Phi) is 8.86. The molecule has 0 saturated heterocycles. The van der Waals surface area contributed by atoms with Gasteiger partial charge in [0.2, 0.25) is 0 Å². The van der Waals surface area contributed by atoms with Crippen molar-refractivity contribution in [1.29, 1.82) is 0 Å². The third kappa shape index (κ3) is 6.87. The lowest BCUT2D eigenvalue weighted by molar-refractivity contribution is 0.0701. The standard InChI is InChI=1S/C12H29O3PSi/c1-6-12(5,16)10-11-17(13-7-2,14-8-3)15-9-4/h6-11,16H2,1-5H3. The molecule has 0 rings (SSSR count). The maximum absolute atomic E-state index is 5.84. The molecule has 2 unspecified atom stereocenters. The van der Waals surface area contributed by atoms with Crippen LogP contribution in [0.2, 0.25) is 6.04 Å². The molecule has 0 heterocycles. The van der Waals surface area contributed by atoms with Crippen LogP contribution in [0, 0.1) is 0 Å². The molecule has 2 atom stereocenters. The predicted octanol–water partition coefficient (Wildman–Crippen LogP) is 3.47. The van der Waals surface area contributed by atoms with E-state index in [1.165, 1.54) is 0 Å². The average Bonchev–Trinajstić information content (AvgIpc) is 2.28. The number of hydrogen-bond donors (Lipinski definition) is 0. The summed E-state index contributed by atoms with van der Waals surface area (Å²) < 4.78 is 17.5. The van der Waals surface area contributed by atoms with Gasteiger partial charge >= 0.3 is 8.80 Å². The summed E-state index contributed by atoms with van der Waals surface area (Å²) in [6.07, 6.45) is 2.19. The minimum Gasteiger partial charge on any atom is -0.374 e. The van der Waals surface area contributed by atoms with E-state index in [9.17, 15) is 0 Å². The van der Waals surface area contributed by atoms with Crippen LogP contribution in [-0.2, 0) is 13.3 Å². The molecule has 0 aromatic heterocycles. The maximum atomic E-state index is 5.84. The van der Waals surface area contributed by atoms with Gasteiger partial charge in [-0.15, -0.1) is 9.24 Å². The lowest BCUT2D eigenvalue weighted by atomic mass is 10.1. The van der Waals surface area contributed by atoms with Crippen LogP contribution < -0.4 is 0 Å². The van der Waals surface area contributed by atoms with Crippen molar-refractivity contribution < 1.29 is 13.3 Å². The zero-order valence-electron chi connectivity index (χ0n) is 12.0. The van der Waals surface area contributed by atoms with E-state index in [1.807, 2.05) is 20.8 Å². The lowest BCUT2D eigenvalue weighted by Gasteiger charge is -2.31. The Morgan fingerprint density at radius 1 is 0.941 bits per heavy atom. The summed E-state index contributed by atoms with van der Waals surface area (Å²) in [7, 11) is 0.499. The van der Waals surface area contributed by atoms with E-state index in [1.54, 1.807) is 0 Å². The SMILES string of the molecule is CCO[Si](CCC(C)(P)CC)(OCC)OCC. The van der Waals surface area contributed by atoms with Crippen LogP contribution in [0.15, 0.2) is 0 Å². The van der Waals surface area contributed by atoms with Crippen molar-refractivity contribution in [1.82, 2.24) is 0 Å². The smallest absolute Gasteiger partial charge is 0.374 e. The summed E-state index contributed by atoms with van der Waals surface area (Å²) >= 11 is 0. The number of hydrogen-bond acceptors (Lipinski definition) is 3. The van der Waals surface area contributed by atoms with Crippen LogP contribution in [0.4, 0.5) is 0 Å². The molecule has 0 aliphatic rings. The minimum atomic E-state index is -2.43. The maximum Gasteiger partial charge on any atom is 0.500 e. The summed E-state index contributed by atoms with van der Waals surface area (Å²) in [6, 6.07) is 0.899. The fraction of sp³-hybridized carbons (Fsp3) is 1.00. The van der Waals surface area contributed by atoms with Gasteiger partial charge in [0.05, 0.1) is 0 Å². The Bertz CT molecular complexity index is 183. The summed E-state index contributed by atoms with van der Waals surface area (Å²) in [6.45, 7) is 12.4. The Hall–Kier alpha value is 0.527. The zero-order valence-corrected chi connectivity index (χ0v) is 14.2. The molecule has 104 valence electrons. The molecular weight excluding hydrogens is 251 g/mol. The van der Waals surface area contributed by atoms with Crippen molar-refractivity contribution in [2.24, 2.45) is 0 Å². The van der Waals surface area contributed by atoms with Crippen LogP contribution >= 0.6 is 9.24 Å². The molecule has 5 heteroatoms. The molecule has 0 spiro atoms. The van der Waals surface area contributed by atoms with Crippen molar-refractivity contribution in [2.45, 2.75) is 58.7 Å². The van der Waals surface area contributed by atoms with Crippen molar-refractivity contribution >= 4 is 18.0 Å². The van der Waals surface area contributed by atoms with Gasteiger partial charge in [0.1, 0.15) is 0 Å². The fourth-order valence-electron chi connectivity index (χ4n) is 1.62. The second-order valence-electron chi connectivity index (χ2n) is 4.49. The van der Waals surface area contributed by atoms with Gasteiger partial charge in [-0.3, -0.25) is 0 Å². The molecule has 0 saturated carbocycles. The van der Waals surface area contributed by atoms with Crippen molar-refractivity contribution in [3.8, 4) is 0 Å². The molecule has 17 heavy (non-hydrogen) atoms. The molecular formula is C12H29O3PSi. The fourth-order valence-corrected chi connectivity index (χ4v) is 4.93. The van der Waals surface area contributed by atoms with Gasteiger partial charge in [-0.2, -0.15) is 0 Å². The van der Waals surface area contributed by atoms with Crippen molar-refractivity contribution in [3.63, 3.8) is 0 Å². The zero-order chi connectivity index (χ0) is 13.4. The van der Waals surface area contributed by atoms with E-state index in [0.29, 0.717) is 19.8 Å². The third-order valence-electron chi connectivity index (χ3n) is 2.90. The van der Waals surface area contributed by atoms with E-state index < -0.39 is 8.80 Å². The van der Waals surface area contributed by atoms with Crippen LogP contribution in [-0.4, -0.2) is 33.8 Å². The van der Waals surface area contributed by atoms with Gasteiger partial charge in [-0.05, 0) is 38.8 Å². The first-order valence-corrected chi connectivity index (χ1v) is 9.17. The normalized spacial score (nSPS) is 15.9. The van der Waals surface area contributed by atoms with Gasteiger partial charge in [-0.1, -0.05) is 13.8 Å². The highest BCUT2D eigenvalue weighted by Gasteiger charge is 2.41. The first-order valence-electron chi connectivity index (χ1n) is 6.66. The van der Waals surface area contributed by atoms with Gasteiger partial charge < -0.3 is 13.3 Å². The van der Waals surface area contributed by atoms with Crippen LogP contribution in [0.3, 0.4) is 0 Å². The molecule has 0 aromatic rings. The van der Waals surface area contributed by atoms with E-state index in [-0.39, 0.29) is 5.16 Å². The molecule has 0 N–H and O–H groups in total. The van der Waals surface area contributed by atoms with Gasteiger partial charge in [-0.25, -0.2) is 0 Å². The highest BCUT2D eigenvalue weighted by atomic mass is 31.0. The Balaban J connectivity index is 4.53. The van der Waals surface area contributed by atoms with Crippen LogP contribution in [0.25, 0.3) is 0 Å². The molecule has 0 aliphatic heterocycles. The van der Waals surface area contributed by atoms with Crippen molar-refractivity contribution in [2.75, 3.05) is 19.8 Å². The van der Waals surface area contributed by atoms with Crippen LogP contribution in [0.1, 0.15) is 47.5 Å². The average molecular weight is 280 g/mol. The second-order valence-corrected chi connectivity index (χ2v) is 8.62. The molecule has 0 fully saturated rings. The molecule has 0 aliphatic carbocycles. The lowest BCUT2D eigenvalue weighted by Crippen LogP contribution is -2.46. The molecule has 0 radical (unpaired) electrons. The first kappa shape index (κ1) is 17.5. The van der Waals surface area contributed by atoms with E-state index in [4.69, 9.17) is 13.3 Å². The third-order valence-corrected chi connectivity index (χ3v) is 6.65. The molecule has 0 aromatic carbocycles. The predicted molar refractivity (Wildman–Crippen MR) is 78.5 cm³/mol. The Morgan fingerprint density at radius 2 is 1.35 bits per heavy atom. The largest absolute Gasteiger partial charge is 0.500 e. The molecule has 3 nitrogen and oxygen atoms in total. The van der Waals surface area contributed by atoms with Crippen molar-refractivity contribution in [3.05, 3.63) is 0 Å². The second kappa shape index (κ2) is 8.60. The highest BCUT2D eigenvalue weighted by Crippen LogP contribution is 2.31. The highest BCUT2D eigenvalue weighted by molar-refractivity contribution is 7.18. The Labute approximate surface area is 110 Å². The molecule has 0 amide bonds.